The number of rotatable bonds is 5. The molecule has 1 aromatic rings. The molecule has 0 saturated carbocycles. The number of carboxylic acid groups (broad SMARTS) is 1. The van der Waals surface area contributed by atoms with E-state index < -0.39 is 17.9 Å². The third-order valence-corrected chi connectivity index (χ3v) is 2.22. The number of methoxy groups -OCH3 is 1. The van der Waals surface area contributed by atoms with E-state index >= 15 is 0 Å². The van der Waals surface area contributed by atoms with E-state index in [0.717, 1.165) is 0 Å². The molecule has 0 aliphatic heterocycles. The summed E-state index contributed by atoms with van der Waals surface area (Å²) in [5.41, 5.74) is 0.297. The number of ether oxygens (including phenoxy) is 1. The fourth-order valence-corrected chi connectivity index (χ4v) is 1.22. The van der Waals surface area contributed by atoms with Crippen LogP contribution in [-0.4, -0.2) is 35.1 Å². The molecule has 0 aromatic carbocycles. The van der Waals surface area contributed by atoms with Crippen molar-refractivity contribution in [2.24, 2.45) is 0 Å². The molecule has 6 heteroatoms. The van der Waals surface area contributed by atoms with Crippen molar-refractivity contribution in [3.05, 3.63) is 23.9 Å². The Labute approximate surface area is 98.6 Å². The van der Waals surface area contributed by atoms with Gasteiger partial charge in [0.05, 0.1) is 12.7 Å². The predicted molar refractivity (Wildman–Crippen MR) is 60.0 cm³/mol. The van der Waals surface area contributed by atoms with Gasteiger partial charge >= 0.3 is 5.97 Å². The Morgan fingerprint density at radius 1 is 1.53 bits per heavy atom. The number of nitrogens with one attached hydrogen (secondary N) is 1. The minimum absolute atomic E-state index is 0.297. The highest BCUT2D eigenvalue weighted by Gasteiger charge is 2.18. The van der Waals surface area contributed by atoms with E-state index in [1.807, 2.05) is 0 Å². The van der Waals surface area contributed by atoms with E-state index in [-0.39, 0.29) is 0 Å². The Morgan fingerprint density at radius 3 is 2.65 bits per heavy atom. The van der Waals surface area contributed by atoms with Gasteiger partial charge in [-0.15, -0.1) is 0 Å². The zero-order valence-electron chi connectivity index (χ0n) is 9.64. The third-order valence-electron chi connectivity index (χ3n) is 2.22. The molecule has 0 radical (unpaired) electrons. The van der Waals surface area contributed by atoms with E-state index in [9.17, 15) is 9.59 Å². The van der Waals surface area contributed by atoms with Gasteiger partial charge in [0.2, 0.25) is 5.88 Å². The molecule has 6 nitrogen and oxygen atoms in total. The van der Waals surface area contributed by atoms with Crippen LogP contribution in [0.15, 0.2) is 18.3 Å². The van der Waals surface area contributed by atoms with E-state index in [1.54, 1.807) is 6.92 Å². The lowest BCUT2D eigenvalue weighted by Crippen LogP contribution is -2.40. The number of pyridine rings is 1. The van der Waals surface area contributed by atoms with Gasteiger partial charge in [-0.2, -0.15) is 0 Å². The topological polar surface area (TPSA) is 88.5 Å². The van der Waals surface area contributed by atoms with E-state index in [4.69, 9.17) is 9.84 Å². The quantitative estimate of drug-likeness (QED) is 0.787. The van der Waals surface area contributed by atoms with Gasteiger partial charge in [0.1, 0.15) is 6.04 Å². The first kappa shape index (κ1) is 13.0. The minimum Gasteiger partial charge on any atom is -0.481 e. The maximum Gasteiger partial charge on any atom is 0.326 e. The lowest BCUT2D eigenvalue weighted by atomic mass is 10.2. The van der Waals surface area contributed by atoms with Gasteiger partial charge in [0.25, 0.3) is 5.91 Å². The van der Waals surface area contributed by atoms with Crippen LogP contribution in [0, 0.1) is 0 Å². The number of carbonyl (C=O) groups is 2. The summed E-state index contributed by atoms with van der Waals surface area (Å²) in [6.45, 7) is 1.69. The summed E-state index contributed by atoms with van der Waals surface area (Å²) in [6, 6.07) is 2.18. The molecule has 1 unspecified atom stereocenters. The molecular weight excluding hydrogens is 224 g/mol. The molecule has 1 amide bonds. The van der Waals surface area contributed by atoms with E-state index in [1.165, 1.54) is 25.4 Å². The molecule has 0 aliphatic carbocycles. The average molecular weight is 238 g/mol. The molecule has 0 fully saturated rings. The fraction of sp³-hybridized carbons (Fsp3) is 0.364. The van der Waals surface area contributed by atoms with Crippen LogP contribution >= 0.6 is 0 Å². The van der Waals surface area contributed by atoms with Crippen LogP contribution < -0.4 is 10.1 Å². The molecule has 17 heavy (non-hydrogen) atoms. The van der Waals surface area contributed by atoms with Crippen molar-refractivity contribution in [2.45, 2.75) is 19.4 Å². The molecule has 1 rings (SSSR count). The Bertz CT molecular complexity index is 402. The molecule has 0 saturated heterocycles. The van der Waals surface area contributed by atoms with Crippen LogP contribution in [0.4, 0.5) is 0 Å². The van der Waals surface area contributed by atoms with Crippen molar-refractivity contribution >= 4 is 11.9 Å². The SMILES string of the molecule is CCC(NC(=O)c1ccc(OC)nc1)C(=O)O. The number of amides is 1. The summed E-state index contributed by atoms with van der Waals surface area (Å²) in [5.74, 6) is -1.12. The molecule has 1 heterocycles. The maximum atomic E-state index is 11.7. The molecule has 0 bridgehead atoms. The maximum absolute atomic E-state index is 11.7. The summed E-state index contributed by atoms with van der Waals surface area (Å²) in [5, 5.41) is 11.2. The second kappa shape index (κ2) is 5.83. The molecule has 1 aromatic heterocycles. The highest BCUT2D eigenvalue weighted by Crippen LogP contribution is 2.07. The van der Waals surface area contributed by atoms with Gasteiger partial charge in [0, 0.05) is 12.3 Å². The molecule has 92 valence electrons. The lowest BCUT2D eigenvalue weighted by molar-refractivity contribution is -0.139. The van der Waals surface area contributed by atoms with Crippen LogP contribution in [0.3, 0.4) is 0 Å². The van der Waals surface area contributed by atoms with Crippen LogP contribution in [0.1, 0.15) is 23.7 Å². The standard InChI is InChI=1S/C11H14N2O4/c1-3-8(11(15)16)13-10(14)7-4-5-9(17-2)12-6-7/h4-6,8H,3H2,1-2H3,(H,13,14)(H,15,16). The number of carboxylic acids is 1. The van der Waals surface area contributed by atoms with E-state index in [2.05, 4.69) is 10.3 Å². The predicted octanol–water partition coefficient (Wildman–Crippen LogP) is 0.683. The van der Waals surface area contributed by atoms with Gasteiger partial charge in [-0.1, -0.05) is 6.92 Å². The molecule has 0 aliphatic rings. The Morgan fingerprint density at radius 2 is 2.24 bits per heavy atom. The van der Waals surface area contributed by atoms with Crippen molar-refractivity contribution in [3.63, 3.8) is 0 Å². The zero-order chi connectivity index (χ0) is 12.8. The first-order chi connectivity index (χ1) is 8.08. The van der Waals surface area contributed by atoms with E-state index in [0.29, 0.717) is 17.9 Å². The van der Waals surface area contributed by atoms with Gasteiger partial charge in [-0.05, 0) is 12.5 Å². The zero-order valence-corrected chi connectivity index (χ0v) is 9.64. The first-order valence-electron chi connectivity index (χ1n) is 5.12. The monoisotopic (exact) mass is 238 g/mol. The van der Waals surface area contributed by atoms with Crippen molar-refractivity contribution in [1.82, 2.24) is 10.3 Å². The smallest absolute Gasteiger partial charge is 0.326 e. The van der Waals surface area contributed by atoms with Crippen LogP contribution in [0.2, 0.25) is 0 Å². The second-order valence-electron chi connectivity index (χ2n) is 3.36. The summed E-state index contributed by atoms with van der Waals surface area (Å²) in [7, 11) is 1.47. The van der Waals surface area contributed by atoms with Crippen LogP contribution in [-0.2, 0) is 4.79 Å². The number of aromatic nitrogens is 1. The highest BCUT2D eigenvalue weighted by atomic mass is 16.5. The van der Waals surface area contributed by atoms with Gasteiger partial charge < -0.3 is 15.2 Å². The van der Waals surface area contributed by atoms with Crippen LogP contribution in [0.5, 0.6) is 5.88 Å². The number of hydrogen-bond acceptors (Lipinski definition) is 4. The van der Waals surface area contributed by atoms with Crippen molar-refractivity contribution in [2.75, 3.05) is 7.11 Å². The summed E-state index contributed by atoms with van der Waals surface area (Å²) in [4.78, 5) is 26.3. The number of aliphatic carboxylic acids is 1. The summed E-state index contributed by atoms with van der Waals surface area (Å²) < 4.78 is 4.85. The summed E-state index contributed by atoms with van der Waals surface area (Å²) >= 11 is 0. The molecule has 1 atom stereocenters. The third kappa shape index (κ3) is 3.44. The normalized spacial score (nSPS) is 11.6. The van der Waals surface area contributed by atoms with Gasteiger partial charge in [-0.25, -0.2) is 9.78 Å². The Hall–Kier alpha value is -2.11. The Kier molecular flexibility index (Phi) is 4.45. The minimum atomic E-state index is -1.05. The van der Waals surface area contributed by atoms with Gasteiger partial charge in [-0.3, -0.25) is 4.79 Å². The van der Waals surface area contributed by atoms with Crippen LogP contribution in [0.25, 0.3) is 0 Å². The molecule has 2 N–H and O–H groups in total. The lowest BCUT2D eigenvalue weighted by Gasteiger charge is -2.11. The Balaban J connectivity index is 2.72. The number of hydrogen-bond donors (Lipinski definition) is 2. The molecular formula is C11H14N2O4. The van der Waals surface area contributed by atoms with Crippen molar-refractivity contribution < 1.29 is 19.4 Å². The highest BCUT2D eigenvalue weighted by molar-refractivity contribution is 5.96. The fourth-order valence-electron chi connectivity index (χ4n) is 1.22. The van der Waals surface area contributed by atoms with Crippen molar-refractivity contribution in [1.29, 1.82) is 0 Å². The molecule has 0 spiro atoms. The first-order valence-corrected chi connectivity index (χ1v) is 5.12. The average Bonchev–Trinajstić information content (AvgIpc) is 2.35. The number of carbonyl (C=O) groups excluding carboxylic acids is 1. The van der Waals surface area contributed by atoms with Crippen molar-refractivity contribution in [3.8, 4) is 5.88 Å². The summed E-state index contributed by atoms with van der Waals surface area (Å²) in [6.07, 6.45) is 1.66. The number of nitrogens with zero attached hydrogens (tertiary/aromatic N) is 1. The second-order valence-corrected chi connectivity index (χ2v) is 3.36. The largest absolute Gasteiger partial charge is 0.481 e. The van der Waals surface area contributed by atoms with Gasteiger partial charge in [0.15, 0.2) is 0 Å².